The van der Waals surface area contributed by atoms with E-state index >= 15 is 0 Å². The van der Waals surface area contributed by atoms with Gasteiger partial charge < -0.3 is 9.88 Å². The molecule has 1 heterocycles. The van der Waals surface area contributed by atoms with Crippen LogP contribution in [0.4, 0.5) is 4.39 Å². The number of nitrogens with one attached hydrogen (secondary N) is 1. The predicted octanol–water partition coefficient (Wildman–Crippen LogP) is 3.21. The lowest BCUT2D eigenvalue weighted by Gasteiger charge is -2.15. The summed E-state index contributed by atoms with van der Waals surface area (Å²) in [5.41, 5.74) is 3.49. The summed E-state index contributed by atoms with van der Waals surface area (Å²) in [7, 11) is 1.74. The molecule has 23 heavy (non-hydrogen) atoms. The lowest BCUT2D eigenvalue weighted by molar-refractivity contribution is -0.129. The van der Waals surface area contributed by atoms with Crippen LogP contribution >= 0.6 is 0 Å². The Hall–Kier alpha value is -2.69. The minimum Gasteiger partial charge on any atom is -0.340 e. The van der Waals surface area contributed by atoms with Gasteiger partial charge >= 0.3 is 0 Å². The van der Waals surface area contributed by atoms with Gasteiger partial charge in [-0.1, -0.05) is 29.8 Å². The first kappa shape index (κ1) is 15.2. The highest BCUT2D eigenvalue weighted by atomic mass is 19.1. The van der Waals surface area contributed by atoms with Crippen molar-refractivity contribution in [1.82, 2.24) is 14.9 Å². The summed E-state index contributed by atoms with van der Waals surface area (Å²) < 4.78 is 13.2. The Balaban J connectivity index is 1.68. The highest BCUT2D eigenvalue weighted by Gasteiger charge is 2.12. The molecule has 1 amide bonds. The third kappa shape index (κ3) is 3.56. The number of benzene rings is 2. The number of halogens is 1. The van der Waals surface area contributed by atoms with Gasteiger partial charge in [-0.15, -0.1) is 0 Å². The van der Waals surface area contributed by atoms with Crippen molar-refractivity contribution in [3.05, 3.63) is 65.2 Å². The molecule has 0 bridgehead atoms. The zero-order chi connectivity index (χ0) is 16.4. The molecule has 4 nitrogen and oxygen atoms in total. The third-order valence-electron chi connectivity index (χ3n) is 3.78. The molecule has 0 unspecified atom stereocenters. The van der Waals surface area contributed by atoms with E-state index in [2.05, 4.69) is 9.97 Å². The second kappa shape index (κ2) is 6.20. The Morgan fingerprint density at radius 3 is 2.70 bits per heavy atom. The second-order valence-electron chi connectivity index (χ2n) is 5.76. The summed E-state index contributed by atoms with van der Waals surface area (Å²) in [6.45, 7) is 2.38. The molecule has 2 aromatic carbocycles. The molecule has 0 aliphatic rings. The van der Waals surface area contributed by atoms with E-state index < -0.39 is 0 Å². The summed E-state index contributed by atoms with van der Waals surface area (Å²) in [4.78, 5) is 21.3. The van der Waals surface area contributed by atoms with Crippen molar-refractivity contribution < 1.29 is 9.18 Å². The number of aromatic amines is 1. The average molecular weight is 311 g/mol. The first-order valence-electron chi connectivity index (χ1n) is 7.45. The first-order valence-corrected chi connectivity index (χ1v) is 7.45. The number of carbonyl (C=O) groups excluding carboxylic acids is 1. The van der Waals surface area contributed by atoms with E-state index in [-0.39, 0.29) is 11.7 Å². The Morgan fingerprint density at radius 2 is 1.96 bits per heavy atom. The number of hydrogen-bond acceptors (Lipinski definition) is 2. The van der Waals surface area contributed by atoms with Crippen LogP contribution in [0.3, 0.4) is 0 Å². The van der Waals surface area contributed by atoms with Crippen molar-refractivity contribution in [3.8, 4) is 0 Å². The average Bonchev–Trinajstić information content (AvgIpc) is 2.90. The summed E-state index contributed by atoms with van der Waals surface area (Å²) in [5, 5.41) is 0. The van der Waals surface area contributed by atoms with Gasteiger partial charge in [0.25, 0.3) is 0 Å². The summed E-state index contributed by atoms with van der Waals surface area (Å²) in [5.74, 6) is 0.349. The number of imidazole rings is 1. The summed E-state index contributed by atoms with van der Waals surface area (Å²) in [6, 6.07) is 12.3. The molecule has 0 radical (unpaired) electrons. The van der Waals surface area contributed by atoms with Crippen molar-refractivity contribution in [1.29, 1.82) is 0 Å². The first-order chi connectivity index (χ1) is 11.0. The fourth-order valence-electron chi connectivity index (χ4n) is 2.44. The standard InChI is InChI=1S/C18H18FN3O/c1-12-3-5-13(6-4-12)9-18(23)22(2)11-17-20-15-8-7-14(19)10-16(15)21-17/h3-8,10H,9,11H2,1-2H3,(H,20,21). The third-order valence-corrected chi connectivity index (χ3v) is 3.78. The normalized spacial score (nSPS) is 10.9. The van der Waals surface area contributed by atoms with Crippen molar-refractivity contribution in [2.75, 3.05) is 7.05 Å². The van der Waals surface area contributed by atoms with Gasteiger partial charge in [0.15, 0.2) is 0 Å². The van der Waals surface area contributed by atoms with Crippen LogP contribution in [0, 0.1) is 12.7 Å². The van der Waals surface area contributed by atoms with E-state index in [0.29, 0.717) is 29.8 Å². The van der Waals surface area contributed by atoms with E-state index in [0.717, 1.165) is 5.56 Å². The van der Waals surface area contributed by atoms with Crippen LogP contribution in [0.5, 0.6) is 0 Å². The van der Waals surface area contributed by atoms with Crippen molar-refractivity contribution >= 4 is 16.9 Å². The molecular weight excluding hydrogens is 293 g/mol. The van der Waals surface area contributed by atoms with E-state index in [4.69, 9.17) is 0 Å². The molecule has 0 aliphatic heterocycles. The summed E-state index contributed by atoms with van der Waals surface area (Å²) >= 11 is 0. The number of aryl methyl sites for hydroxylation is 1. The van der Waals surface area contributed by atoms with Crippen molar-refractivity contribution in [2.45, 2.75) is 19.9 Å². The fourth-order valence-corrected chi connectivity index (χ4v) is 2.44. The fraction of sp³-hybridized carbons (Fsp3) is 0.222. The van der Waals surface area contributed by atoms with E-state index in [9.17, 15) is 9.18 Å². The molecule has 0 fully saturated rings. The lowest BCUT2D eigenvalue weighted by atomic mass is 10.1. The molecule has 3 aromatic rings. The predicted molar refractivity (Wildman–Crippen MR) is 87.4 cm³/mol. The number of amides is 1. The van der Waals surface area contributed by atoms with Gasteiger partial charge in [-0.25, -0.2) is 9.37 Å². The molecule has 1 aromatic heterocycles. The van der Waals surface area contributed by atoms with Gasteiger partial charge in [-0.3, -0.25) is 4.79 Å². The number of likely N-dealkylation sites (N-methyl/N-ethyl adjacent to an activating group) is 1. The van der Waals surface area contributed by atoms with E-state index in [1.807, 2.05) is 31.2 Å². The topological polar surface area (TPSA) is 49.0 Å². The maximum absolute atomic E-state index is 13.2. The molecule has 0 saturated heterocycles. The smallest absolute Gasteiger partial charge is 0.227 e. The number of nitrogens with zero attached hydrogens (tertiary/aromatic N) is 2. The minimum atomic E-state index is -0.309. The monoisotopic (exact) mass is 311 g/mol. The van der Waals surface area contributed by atoms with Gasteiger partial charge in [0, 0.05) is 7.05 Å². The van der Waals surface area contributed by atoms with Crippen molar-refractivity contribution in [2.24, 2.45) is 0 Å². The van der Waals surface area contributed by atoms with Gasteiger partial charge in [0.1, 0.15) is 11.6 Å². The van der Waals surface area contributed by atoms with Crippen LogP contribution in [0.1, 0.15) is 17.0 Å². The Bertz CT molecular complexity index is 839. The SMILES string of the molecule is Cc1ccc(CC(=O)N(C)Cc2nc3ccc(F)cc3[nH]2)cc1. The Morgan fingerprint density at radius 1 is 1.22 bits per heavy atom. The van der Waals surface area contributed by atoms with E-state index in [1.54, 1.807) is 18.0 Å². The molecule has 5 heteroatoms. The number of aromatic nitrogens is 2. The lowest BCUT2D eigenvalue weighted by Crippen LogP contribution is -2.28. The van der Waals surface area contributed by atoms with Crippen LogP contribution < -0.4 is 0 Å². The largest absolute Gasteiger partial charge is 0.340 e. The highest BCUT2D eigenvalue weighted by Crippen LogP contribution is 2.14. The number of carbonyl (C=O) groups is 1. The van der Waals surface area contributed by atoms with Crippen LogP contribution in [0.15, 0.2) is 42.5 Å². The Kier molecular flexibility index (Phi) is 4.10. The van der Waals surface area contributed by atoms with Gasteiger partial charge in [0.2, 0.25) is 5.91 Å². The molecule has 1 N–H and O–H groups in total. The quantitative estimate of drug-likeness (QED) is 0.804. The van der Waals surface area contributed by atoms with Gasteiger partial charge in [-0.2, -0.15) is 0 Å². The molecule has 118 valence electrons. The zero-order valence-corrected chi connectivity index (χ0v) is 13.1. The second-order valence-corrected chi connectivity index (χ2v) is 5.76. The minimum absolute atomic E-state index is 0.0143. The van der Waals surface area contributed by atoms with Crippen LogP contribution in [0.25, 0.3) is 11.0 Å². The van der Waals surface area contributed by atoms with Crippen LogP contribution in [-0.2, 0) is 17.8 Å². The molecule has 0 aliphatic carbocycles. The molecule has 3 rings (SSSR count). The molecule has 0 saturated carbocycles. The number of hydrogen-bond donors (Lipinski definition) is 1. The molecular formula is C18H18FN3O. The number of fused-ring (bicyclic) bond motifs is 1. The number of H-pyrrole nitrogens is 1. The van der Waals surface area contributed by atoms with E-state index in [1.165, 1.54) is 17.7 Å². The van der Waals surface area contributed by atoms with Crippen molar-refractivity contribution in [3.63, 3.8) is 0 Å². The van der Waals surface area contributed by atoms with Crippen LogP contribution in [-0.4, -0.2) is 27.8 Å². The molecule has 0 atom stereocenters. The zero-order valence-electron chi connectivity index (χ0n) is 13.1. The van der Waals surface area contributed by atoms with Gasteiger partial charge in [0.05, 0.1) is 24.0 Å². The number of rotatable bonds is 4. The highest BCUT2D eigenvalue weighted by molar-refractivity contribution is 5.79. The van der Waals surface area contributed by atoms with Gasteiger partial charge in [-0.05, 0) is 30.7 Å². The maximum atomic E-state index is 13.2. The molecule has 0 spiro atoms. The van der Waals surface area contributed by atoms with Crippen LogP contribution in [0.2, 0.25) is 0 Å². The Labute approximate surface area is 134 Å². The summed E-state index contributed by atoms with van der Waals surface area (Å²) in [6.07, 6.45) is 0.353. The maximum Gasteiger partial charge on any atom is 0.227 e.